The van der Waals surface area contributed by atoms with Gasteiger partial charge in [0.05, 0.1) is 32.4 Å². The van der Waals surface area contributed by atoms with Gasteiger partial charge in [0, 0.05) is 65.9 Å². The van der Waals surface area contributed by atoms with E-state index in [9.17, 15) is 20.2 Å². The van der Waals surface area contributed by atoms with Gasteiger partial charge in [-0.1, -0.05) is 74.4 Å². The van der Waals surface area contributed by atoms with Crippen molar-refractivity contribution in [2.75, 3.05) is 53.3 Å². The van der Waals surface area contributed by atoms with Crippen LogP contribution in [0.1, 0.15) is 62.0 Å². The molecular weight excluding hydrogens is 733 g/mol. The zero-order valence-corrected chi connectivity index (χ0v) is 35.6. The van der Waals surface area contributed by atoms with Crippen molar-refractivity contribution in [2.24, 2.45) is 34.2 Å². The van der Waals surface area contributed by atoms with E-state index in [0.717, 1.165) is 34.4 Å². The highest BCUT2D eigenvalue weighted by molar-refractivity contribution is 5.97. The van der Waals surface area contributed by atoms with E-state index in [1.807, 2.05) is 87.7 Å². The summed E-state index contributed by atoms with van der Waals surface area (Å²) in [6.45, 7) is 9.33. The Morgan fingerprint density at radius 1 is 1.09 bits per heavy atom. The zero-order valence-electron chi connectivity index (χ0n) is 35.6. The van der Waals surface area contributed by atoms with Gasteiger partial charge in [0.25, 0.3) is 5.91 Å². The molecule has 3 aliphatic carbocycles. The zero-order chi connectivity index (χ0) is 41.9. The minimum atomic E-state index is -0.924. The predicted octanol–water partition coefficient (Wildman–Crippen LogP) is 6.31. The van der Waals surface area contributed by atoms with Gasteiger partial charge < -0.3 is 30.3 Å². The third-order valence-corrected chi connectivity index (χ3v) is 13.1. The number of hydroxylamine groups is 2. The van der Waals surface area contributed by atoms with E-state index in [1.54, 1.807) is 19.1 Å². The van der Waals surface area contributed by atoms with Gasteiger partial charge in [0.1, 0.15) is 11.8 Å². The maximum absolute atomic E-state index is 14.4. The van der Waals surface area contributed by atoms with Crippen LogP contribution in [0, 0.1) is 29.1 Å². The van der Waals surface area contributed by atoms with Gasteiger partial charge in [0.2, 0.25) is 5.91 Å². The maximum atomic E-state index is 14.4. The summed E-state index contributed by atoms with van der Waals surface area (Å²) >= 11 is 0. The Hall–Kier alpha value is -4.65. The summed E-state index contributed by atoms with van der Waals surface area (Å²) in [5, 5.41) is 23.2. The highest BCUT2D eigenvalue weighted by Crippen LogP contribution is 2.61. The van der Waals surface area contributed by atoms with Crippen LogP contribution < -0.4 is 20.3 Å². The summed E-state index contributed by atoms with van der Waals surface area (Å²) in [4.78, 5) is 41.9. The molecule has 7 rings (SSSR count). The molecule has 1 heterocycles. The quantitative estimate of drug-likeness (QED) is 0.0867. The minimum absolute atomic E-state index is 0.0155. The number of hydrogen-bond acceptors (Lipinski definition) is 9. The Kier molecular flexibility index (Phi) is 13.4. The number of azide groups is 1. The average molecular weight is 795 g/mol. The first kappa shape index (κ1) is 42.9. The van der Waals surface area contributed by atoms with Gasteiger partial charge in [0.15, 0.2) is 0 Å². The lowest BCUT2D eigenvalue weighted by molar-refractivity contribution is -0.175. The average Bonchev–Trinajstić information content (AvgIpc) is 3.55. The number of benzene rings is 3. The first-order valence-electron chi connectivity index (χ1n) is 20.5. The third kappa shape index (κ3) is 9.14. The van der Waals surface area contributed by atoms with Crippen LogP contribution in [-0.2, 0) is 22.6 Å². The van der Waals surface area contributed by atoms with E-state index in [2.05, 4.69) is 58.5 Å². The minimum Gasteiger partial charge on any atom is -0.496 e. The number of hydrogen-bond donors (Lipinski definition) is 3. The molecule has 13 heteroatoms. The van der Waals surface area contributed by atoms with Crippen LogP contribution in [0.3, 0.4) is 0 Å². The van der Waals surface area contributed by atoms with Crippen LogP contribution in [0.4, 0.5) is 5.69 Å². The number of rotatable bonds is 16. The molecule has 0 spiro atoms. The van der Waals surface area contributed by atoms with E-state index in [-0.39, 0.29) is 42.4 Å². The number of nitrogens with one attached hydrogen (secondary N) is 2. The fraction of sp³-hybridized carbons (Fsp3) is 0.556. The van der Waals surface area contributed by atoms with Crippen molar-refractivity contribution in [1.82, 2.24) is 20.6 Å². The molecule has 3 saturated carbocycles. The van der Waals surface area contributed by atoms with Crippen molar-refractivity contribution in [2.45, 2.75) is 83.8 Å². The molecule has 0 aromatic heterocycles. The van der Waals surface area contributed by atoms with Crippen LogP contribution in [0.25, 0.3) is 21.6 Å². The van der Waals surface area contributed by atoms with Crippen LogP contribution in [0.5, 0.6) is 5.75 Å². The van der Waals surface area contributed by atoms with Gasteiger partial charge >= 0.3 is 0 Å². The number of aliphatic hydroxyl groups is 1. The van der Waals surface area contributed by atoms with Crippen LogP contribution in [0.2, 0.25) is 0 Å². The number of carbonyl (C=O) groups is 2. The molecule has 3 aromatic carbocycles. The second kappa shape index (κ2) is 18.1. The molecule has 13 nitrogen and oxygen atoms in total. The molecular formula is C45H62N8O5. The molecule has 9 atom stereocenters. The number of aliphatic hydroxyl groups excluding tert-OH is 1. The first-order chi connectivity index (χ1) is 27.6. The molecule has 2 bridgehead atoms. The van der Waals surface area contributed by atoms with E-state index in [0.29, 0.717) is 42.0 Å². The van der Waals surface area contributed by atoms with Crippen molar-refractivity contribution >= 4 is 17.5 Å². The molecule has 3 N–H and O–H groups in total. The fourth-order valence-corrected chi connectivity index (χ4v) is 9.87. The molecule has 4 aliphatic rings. The lowest BCUT2D eigenvalue weighted by Crippen LogP contribution is -2.62. The Bertz CT molecular complexity index is 1970. The van der Waals surface area contributed by atoms with Gasteiger partial charge in [-0.25, -0.2) is 0 Å². The number of amides is 2. The summed E-state index contributed by atoms with van der Waals surface area (Å²) in [5.41, 5.74) is 14.3. The number of carbonyl (C=O) groups excluding carboxylic acids is 2. The number of para-hydroxylation sites is 1. The molecule has 312 valence electrons. The highest BCUT2D eigenvalue weighted by atomic mass is 16.7. The SMILES string of the molecule is COc1c(CN2O[C@@H](CN=[N+]=[N-])[C@@H]([C@H](C)O)[C@H]2C(=O)N[C@H]2C[C@@H]3C[C@@H]([C@@H]2C)C3(C)C)cccc1-c1cc(C(=O)N[C@@H](Cc2ccccc2)CN(C)C)cc(N(C)C)c1. The first-order valence-corrected chi connectivity index (χ1v) is 20.5. The topological polar surface area (TPSA) is 155 Å². The predicted molar refractivity (Wildman–Crippen MR) is 227 cm³/mol. The molecule has 2 amide bonds. The molecule has 1 aliphatic heterocycles. The van der Waals surface area contributed by atoms with E-state index in [4.69, 9.17) is 9.57 Å². The summed E-state index contributed by atoms with van der Waals surface area (Å²) in [5.74, 6) is 0.931. The van der Waals surface area contributed by atoms with Crippen molar-refractivity contribution in [1.29, 1.82) is 0 Å². The summed E-state index contributed by atoms with van der Waals surface area (Å²) in [7, 11) is 9.49. The summed E-state index contributed by atoms with van der Waals surface area (Å²) < 4.78 is 6.13. The molecule has 58 heavy (non-hydrogen) atoms. The highest BCUT2D eigenvalue weighted by Gasteiger charge is 2.57. The van der Waals surface area contributed by atoms with Crippen LogP contribution >= 0.6 is 0 Å². The standard InChI is InChI=1S/C45H62N8O5/c1-27-37-22-33(45(37,3)4)23-38(27)49-44(56)41-40(28(2)54)39(24-47-50-46)58-53(41)25-30-16-13-17-36(42(30)57-9)31-19-32(21-35(20-31)52(7)8)43(55)48-34(26-51(5)6)18-29-14-11-10-12-15-29/h10-17,19-21,27-28,33-34,37-41,54H,18,22-26H2,1-9H3,(H,48,55)(H,49,56)/t27-,28-,33-,34-,37-,38-,39-,40+,41-/m0/s1. The Morgan fingerprint density at radius 3 is 2.45 bits per heavy atom. The smallest absolute Gasteiger partial charge is 0.251 e. The van der Waals surface area contributed by atoms with Crippen molar-refractivity contribution in [3.05, 3.63) is 93.9 Å². The van der Waals surface area contributed by atoms with Crippen LogP contribution in [-0.4, -0.2) is 106 Å². The number of anilines is 1. The Labute approximate surface area is 343 Å². The lowest BCUT2D eigenvalue weighted by atomic mass is 9.45. The number of likely N-dealkylation sites (N-methyl/N-ethyl adjacent to an activating group) is 1. The summed E-state index contributed by atoms with van der Waals surface area (Å²) in [6.07, 6.45) is 1.16. The molecule has 0 radical (unpaired) electrons. The van der Waals surface area contributed by atoms with Crippen molar-refractivity contribution < 1.29 is 24.3 Å². The number of fused-ring (bicyclic) bond motifs is 2. The number of nitrogens with zero attached hydrogens (tertiary/aromatic N) is 6. The third-order valence-electron chi connectivity index (χ3n) is 13.1. The number of ether oxygens (including phenoxy) is 1. The molecule has 3 aromatic rings. The van der Waals surface area contributed by atoms with Gasteiger partial charge in [-0.3, -0.25) is 14.4 Å². The molecule has 0 unspecified atom stereocenters. The van der Waals surface area contributed by atoms with Gasteiger partial charge in [-0.05, 0) is 98.3 Å². The largest absolute Gasteiger partial charge is 0.496 e. The van der Waals surface area contributed by atoms with Crippen LogP contribution in [0.15, 0.2) is 71.8 Å². The second-order valence-corrected chi connectivity index (χ2v) is 17.7. The van der Waals surface area contributed by atoms with E-state index in [1.165, 1.54) is 6.42 Å². The van der Waals surface area contributed by atoms with Crippen molar-refractivity contribution in [3.63, 3.8) is 0 Å². The monoisotopic (exact) mass is 794 g/mol. The normalized spacial score (nSPS) is 25.9. The second-order valence-electron chi connectivity index (χ2n) is 17.7. The molecule has 4 fully saturated rings. The van der Waals surface area contributed by atoms with E-state index >= 15 is 0 Å². The Balaban J connectivity index is 1.30. The van der Waals surface area contributed by atoms with E-state index < -0.39 is 24.2 Å². The lowest BCUT2D eigenvalue weighted by Gasteiger charge is -2.62. The van der Waals surface area contributed by atoms with Crippen molar-refractivity contribution in [3.8, 4) is 16.9 Å². The number of methoxy groups -OCH3 is 1. The molecule has 1 saturated heterocycles. The van der Waals surface area contributed by atoms with Gasteiger partial charge in [-0.2, -0.15) is 5.06 Å². The Morgan fingerprint density at radius 2 is 1.83 bits per heavy atom. The van der Waals surface area contributed by atoms with Gasteiger partial charge in [-0.15, -0.1) is 0 Å². The summed E-state index contributed by atoms with van der Waals surface area (Å²) in [6, 6.07) is 20.8. The fourth-order valence-electron chi connectivity index (χ4n) is 9.87. The maximum Gasteiger partial charge on any atom is 0.251 e.